The molecule has 1 aromatic heterocycles. The maximum atomic E-state index is 12.1. The van der Waals surface area contributed by atoms with E-state index in [1.807, 2.05) is 25.1 Å². The van der Waals surface area contributed by atoms with Crippen LogP contribution in [0.25, 0.3) is 0 Å². The number of hydrogen-bond donors (Lipinski definition) is 0. The van der Waals surface area contributed by atoms with Gasteiger partial charge >= 0.3 is 0 Å². The molecule has 4 heteroatoms. The zero-order chi connectivity index (χ0) is 16.5. The van der Waals surface area contributed by atoms with Crippen molar-refractivity contribution in [1.82, 2.24) is 4.98 Å². The second-order valence-electron chi connectivity index (χ2n) is 5.23. The molecule has 0 unspecified atom stereocenters. The zero-order valence-electron chi connectivity index (χ0n) is 13.7. The van der Waals surface area contributed by atoms with E-state index in [9.17, 15) is 4.79 Å². The largest absolute Gasteiger partial charge is 0.490 e. The second-order valence-corrected chi connectivity index (χ2v) is 5.23. The van der Waals surface area contributed by atoms with Gasteiger partial charge in [-0.15, -0.1) is 0 Å². The van der Waals surface area contributed by atoms with E-state index in [-0.39, 0.29) is 5.78 Å². The van der Waals surface area contributed by atoms with Gasteiger partial charge in [-0.05, 0) is 49.6 Å². The Kier molecular flexibility index (Phi) is 6.60. The fraction of sp³-hybridized carbons (Fsp3) is 0.368. The summed E-state index contributed by atoms with van der Waals surface area (Å²) in [5, 5.41) is 0. The monoisotopic (exact) mass is 313 g/mol. The van der Waals surface area contributed by atoms with Gasteiger partial charge in [-0.1, -0.05) is 13.0 Å². The average Bonchev–Trinajstić information content (AvgIpc) is 2.60. The van der Waals surface area contributed by atoms with E-state index in [2.05, 4.69) is 11.9 Å². The summed E-state index contributed by atoms with van der Waals surface area (Å²) in [7, 11) is 0. The highest BCUT2D eigenvalue weighted by atomic mass is 16.5. The van der Waals surface area contributed by atoms with Gasteiger partial charge in [-0.2, -0.15) is 0 Å². The summed E-state index contributed by atoms with van der Waals surface area (Å²) in [5.41, 5.74) is 1.72. The predicted octanol–water partition coefficient (Wildman–Crippen LogP) is 4.08. The van der Waals surface area contributed by atoms with E-state index < -0.39 is 0 Å². The Bertz CT molecular complexity index is 626. The molecule has 0 radical (unpaired) electrons. The summed E-state index contributed by atoms with van der Waals surface area (Å²) < 4.78 is 11.3. The molecule has 0 aliphatic rings. The van der Waals surface area contributed by atoms with Crippen molar-refractivity contribution >= 4 is 5.78 Å². The Morgan fingerprint density at radius 2 is 2.00 bits per heavy atom. The highest BCUT2D eigenvalue weighted by Crippen LogP contribution is 2.29. The van der Waals surface area contributed by atoms with Crippen LogP contribution >= 0.6 is 0 Å². The van der Waals surface area contributed by atoms with Gasteiger partial charge in [-0.25, -0.2) is 0 Å². The zero-order valence-corrected chi connectivity index (χ0v) is 13.7. The van der Waals surface area contributed by atoms with E-state index in [1.54, 1.807) is 24.5 Å². The van der Waals surface area contributed by atoms with E-state index in [4.69, 9.17) is 9.47 Å². The number of benzene rings is 1. The van der Waals surface area contributed by atoms with E-state index in [0.29, 0.717) is 31.6 Å². The quantitative estimate of drug-likeness (QED) is 0.654. The fourth-order valence-corrected chi connectivity index (χ4v) is 2.24. The smallest absolute Gasteiger partial charge is 0.164 e. The summed E-state index contributed by atoms with van der Waals surface area (Å²) in [6, 6.07) is 9.45. The summed E-state index contributed by atoms with van der Waals surface area (Å²) in [5.74, 6) is 1.60. The lowest BCUT2D eigenvalue weighted by atomic mass is 10.0. The maximum Gasteiger partial charge on any atom is 0.164 e. The molecule has 0 aliphatic heterocycles. The Hall–Kier alpha value is -2.36. The SMILES string of the molecule is CCCOc1ccc(CCC(=O)c2cccnc2)cc1OCC. The van der Waals surface area contributed by atoms with Gasteiger partial charge in [0, 0.05) is 24.4 Å². The van der Waals surface area contributed by atoms with Gasteiger partial charge in [0.15, 0.2) is 17.3 Å². The van der Waals surface area contributed by atoms with Crippen LogP contribution in [0, 0.1) is 0 Å². The molecular weight excluding hydrogens is 290 g/mol. The number of carbonyl (C=O) groups excluding carboxylic acids is 1. The number of nitrogens with zero attached hydrogens (tertiary/aromatic N) is 1. The minimum Gasteiger partial charge on any atom is -0.490 e. The molecule has 1 heterocycles. The van der Waals surface area contributed by atoms with Crippen LogP contribution in [0.5, 0.6) is 11.5 Å². The molecule has 0 aliphatic carbocycles. The molecule has 2 rings (SSSR count). The minimum absolute atomic E-state index is 0.0994. The average molecular weight is 313 g/mol. The Labute approximate surface area is 137 Å². The summed E-state index contributed by atoms with van der Waals surface area (Å²) in [4.78, 5) is 16.1. The van der Waals surface area contributed by atoms with Gasteiger partial charge < -0.3 is 9.47 Å². The lowest BCUT2D eigenvalue weighted by molar-refractivity contribution is 0.0982. The maximum absolute atomic E-state index is 12.1. The summed E-state index contributed by atoms with van der Waals surface area (Å²) in [6.45, 7) is 5.26. The molecule has 0 atom stereocenters. The third-order valence-electron chi connectivity index (χ3n) is 3.39. The highest BCUT2D eigenvalue weighted by molar-refractivity contribution is 5.95. The Balaban J connectivity index is 2.02. The van der Waals surface area contributed by atoms with Crippen molar-refractivity contribution in [1.29, 1.82) is 0 Å². The number of aromatic nitrogens is 1. The molecule has 0 spiro atoms. The molecular formula is C19H23NO3. The molecule has 2 aromatic rings. The standard InChI is InChI=1S/C19H23NO3/c1-3-12-23-18-10-8-15(13-19(18)22-4-2)7-9-17(21)16-6-5-11-20-14-16/h5-6,8,10-11,13-14H,3-4,7,9,12H2,1-2H3. The van der Waals surface area contributed by atoms with Gasteiger partial charge in [0.1, 0.15) is 0 Å². The number of rotatable bonds is 9. The first kappa shape index (κ1) is 17.0. The first-order valence-corrected chi connectivity index (χ1v) is 8.06. The molecule has 0 N–H and O–H groups in total. The summed E-state index contributed by atoms with van der Waals surface area (Å²) >= 11 is 0. The lowest BCUT2D eigenvalue weighted by Gasteiger charge is -2.13. The minimum atomic E-state index is 0.0994. The molecule has 1 aromatic carbocycles. The van der Waals surface area contributed by atoms with E-state index in [1.165, 1.54) is 0 Å². The molecule has 0 fully saturated rings. The molecule has 4 nitrogen and oxygen atoms in total. The molecule has 0 bridgehead atoms. The van der Waals surface area contributed by atoms with Crippen LogP contribution in [0.3, 0.4) is 0 Å². The fourth-order valence-electron chi connectivity index (χ4n) is 2.24. The first-order chi connectivity index (χ1) is 11.2. The third kappa shape index (κ3) is 5.09. The van der Waals surface area contributed by atoms with Crippen molar-refractivity contribution in [3.63, 3.8) is 0 Å². The molecule has 23 heavy (non-hydrogen) atoms. The van der Waals surface area contributed by atoms with Crippen molar-refractivity contribution in [3.05, 3.63) is 53.9 Å². The van der Waals surface area contributed by atoms with Gasteiger partial charge in [0.25, 0.3) is 0 Å². The molecule has 122 valence electrons. The number of pyridine rings is 1. The number of ether oxygens (including phenoxy) is 2. The van der Waals surface area contributed by atoms with Crippen LogP contribution in [0.15, 0.2) is 42.7 Å². The van der Waals surface area contributed by atoms with Crippen molar-refractivity contribution in [2.24, 2.45) is 0 Å². The first-order valence-electron chi connectivity index (χ1n) is 8.06. The van der Waals surface area contributed by atoms with Crippen LogP contribution in [-0.2, 0) is 6.42 Å². The second kappa shape index (κ2) is 8.93. The molecule has 0 saturated heterocycles. The van der Waals surface area contributed by atoms with Crippen LogP contribution in [0.2, 0.25) is 0 Å². The van der Waals surface area contributed by atoms with Gasteiger partial charge in [-0.3, -0.25) is 9.78 Å². The lowest BCUT2D eigenvalue weighted by Crippen LogP contribution is -2.03. The molecule has 0 amide bonds. The van der Waals surface area contributed by atoms with E-state index >= 15 is 0 Å². The van der Waals surface area contributed by atoms with Crippen molar-refractivity contribution in [2.75, 3.05) is 13.2 Å². The van der Waals surface area contributed by atoms with Gasteiger partial charge in [0.05, 0.1) is 13.2 Å². The van der Waals surface area contributed by atoms with Crippen LogP contribution in [0.1, 0.15) is 42.6 Å². The van der Waals surface area contributed by atoms with Crippen molar-refractivity contribution in [2.45, 2.75) is 33.1 Å². The third-order valence-corrected chi connectivity index (χ3v) is 3.39. The van der Waals surface area contributed by atoms with Crippen LogP contribution < -0.4 is 9.47 Å². The number of carbonyl (C=O) groups is 1. The number of ketones is 1. The number of aryl methyl sites for hydroxylation is 1. The normalized spacial score (nSPS) is 10.3. The summed E-state index contributed by atoms with van der Waals surface area (Å²) in [6.07, 6.45) is 5.34. The van der Waals surface area contributed by atoms with Crippen LogP contribution in [0.4, 0.5) is 0 Å². The van der Waals surface area contributed by atoms with E-state index in [0.717, 1.165) is 23.5 Å². The Morgan fingerprint density at radius 3 is 2.70 bits per heavy atom. The van der Waals surface area contributed by atoms with Crippen molar-refractivity contribution < 1.29 is 14.3 Å². The highest BCUT2D eigenvalue weighted by Gasteiger charge is 2.09. The van der Waals surface area contributed by atoms with Crippen LogP contribution in [-0.4, -0.2) is 24.0 Å². The molecule has 0 saturated carbocycles. The van der Waals surface area contributed by atoms with Gasteiger partial charge in [0.2, 0.25) is 0 Å². The Morgan fingerprint density at radius 1 is 1.13 bits per heavy atom. The number of Topliss-reactive ketones (excluding diaryl/α,β-unsaturated/α-hetero) is 1. The predicted molar refractivity (Wildman–Crippen MR) is 90.3 cm³/mol. The topological polar surface area (TPSA) is 48.4 Å². The number of hydrogen-bond acceptors (Lipinski definition) is 4. The van der Waals surface area contributed by atoms with Crippen molar-refractivity contribution in [3.8, 4) is 11.5 Å².